The van der Waals surface area contributed by atoms with E-state index in [4.69, 9.17) is 9.47 Å². The first kappa shape index (κ1) is 17.5. The number of aromatic amines is 1. The number of hydrogen-bond acceptors (Lipinski definition) is 4. The van der Waals surface area contributed by atoms with E-state index in [2.05, 4.69) is 15.3 Å². The summed E-state index contributed by atoms with van der Waals surface area (Å²) in [7, 11) is 0. The van der Waals surface area contributed by atoms with Gasteiger partial charge in [0.15, 0.2) is 0 Å². The molecule has 0 spiro atoms. The third-order valence-electron chi connectivity index (χ3n) is 4.46. The highest BCUT2D eigenvalue weighted by Gasteiger charge is 2.15. The highest BCUT2D eigenvalue weighted by molar-refractivity contribution is 5.91. The van der Waals surface area contributed by atoms with Crippen molar-refractivity contribution < 1.29 is 14.3 Å². The Morgan fingerprint density at radius 3 is 3.00 bits per heavy atom. The lowest BCUT2D eigenvalue weighted by Crippen LogP contribution is -2.21. The molecule has 1 aromatic heterocycles. The number of hydrogen-bond donors (Lipinski definition) is 2. The van der Waals surface area contributed by atoms with Crippen molar-refractivity contribution in [3.63, 3.8) is 0 Å². The summed E-state index contributed by atoms with van der Waals surface area (Å²) in [5.41, 5.74) is 2.80. The highest BCUT2D eigenvalue weighted by Crippen LogP contribution is 2.25. The van der Waals surface area contributed by atoms with E-state index in [9.17, 15) is 4.79 Å². The molecule has 0 atom stereocenters. The molecule has 1 saturated heterocycles. The lowest BCUT2D eigenvalue weighted by Gasteiger charge is -2.22. The second-order valence-corrected chi connectivity index (χ2v) is 6.47. The molecule has 0 saturated carbocycles. The molecule has 6 nitrogen and oxygen atoms in total. The summed E-state index contributed by atoms with van der Waals surface area (Å²) in [6.45, 7) is 4.35. The van der Waals surface area contributed by atoms with Crippen molar-refractivity contribution in [3.8, 4) is 5.75 Å². The SMILES string of the molecule is Cc1ccc(NC(=O)CCc2cnc[nH]2)cc1OCC1CCOCC1. The molecule has 25 heavy (non-hydrogen) atoms. The van der Waals surface area contributed by atoms with Gasteiger partial charge in [0.1, 0.15) is 5.75 Å². The largest absolute Gasteiger partial charge is 0.493 e. The van der Waals surface area contributed by atoms with Gasteiger partial charge in [0.05, 0.1) is 12.9 Å². The molecule has 6 heteroatoms. The van der Waals surface area contributed by atoms with Crippen LogP contribution in [0, 0.1) is 12.8 Å². The summed E-state index contributed by atoms with van der Waals surface area (Å²) in [5.74, 6) is 1.35. The van der Waals surface area contributed by atoms with Gasteiger partial charge in [-0.1, -0.05) is 6.07 Å². The molecule has 1 aromatic carbocycles. The Bertz CT molecular complexity index is 679. The molecule has 0 radical (unpaired) electrons. The van der Waals surface area contributed by atoms with E-state index in [1.807, 2.05) is 25.1 Å². The molecule has 2 aromatic rings. The molecule has 0 unspecified atom stereocenters. The minimum absolute atomic E-state index is 0.0196. The van der Waals surface area contributed by atoms with E-state index < -0.39 is 0 Å². The van der Waals surface area contributed by atoms with Gasteiger partial charge < -0.3 is 19.8 Å². The predicted octanol–water partition coefficient (Wildman–Crippen LogP) is 3.09. The van der Waals surface area contributed by atoms with Crippen molar-refractivity contribution in [2.75, 3.05) is 25.1 Å². The van der Waals surface area contributed by atoms with Crippen molar-refractivity contribution in [2.45, 2.75) is 32.6 Å². The zero-order valence-electron chi connectivity index (χ0n) is 14.6. The molecule has 2 N–H and O–H groups in total. The van der Waals surface area contributed by atoms with Crippen LogP contribution in [0.1, 0.15) is 30.5 Å². The van der Waals surface area contributed by atoms with Crippen LogP contribution >= 0.6 is 0 Å². The van der Waals surface area contributed by atoms with Crippen molar-refractivity contribution >= 4 is 11.6 Å². The molecule has 0 bridgehead atoms. The van der Waals surface area contributed by atoms with E-state index in [-0.39, 0.29) is 5.91 Å². The van der Waals surface area contributed by atoms with Gasteiger partial charge in [0.2, 0.25) is 5.91 Å². The van der Waals surface area contributed by atoms with Gasteiger partial charge in [-0.2, -0.15) is 0 Å². The lowest BCUT2D eigenvalue weighted by atomic mass is 10.0. The van der Waals surface area contributed by atoms with Crippen molar-refractivity contribution in [1.29, 1.82) is 0 Å². The highest BCUT2D eigenvalue weighted by atomic mass is 16.5. The third kappa shape index (κ3) is 5.32. The van der Waals surface area contributed by atoms with Crippen LogP contribution in [0.25, 0.3) is 0 Å². The second-order valence-electron chi connectivity index (χ2n) is 6.47. The van der Waals surface area contributed by atoms with Gasteiger partial charge in [-0.15, -0.1) is 0 Å². The number of carbonyl (C=O) groups is 1. The van der Waals surface area contributed by atoms with E-state index in [1.165, 1.54) is 0 Å². The number of aromatic nitrogens is 2. The number of rotatable bonds is 7. The van der Waals surface area contributed by atoms with Crippen LogP contribution in [0.15, 0.2) is 30.7 Å². The van der Waals surface area contributed by atoms with Gasteiger partial charge in [-0.25, -0.2) is 4.98 Å². The quantitative estimate of drug-likeness (QED) is 0.810. The van der Waals surface area contributed by atoms with Crippen LogP contribution in [-0.4, -0.2) is 35.7 Å². The second kappa shape index (κ2) is 8.67. The zero-order valence-corrected chi connectivity index (χ0v) is 14.6. The summed E-state index contributed by atoms with van der Waals surface area (Å²) in [4.78, 5) is 19.1. The topological polar surface area (TPSA) is 76.2 Å². The maximum Gasteiger partial charge on any atom is 0.224 e. The lowest BCUT2D eigenvalue weighted by molar-refractivity contribution is -0.116. The van der Waals surface area contributed by atoms with Crippen LogP contribution in [0.4, 0.5) is 5.69 Å². The number of nitrogens with zero attached hydrogens (tertiary/aromatic N) is 1. The molecular formula is C19H25N3O3. The number of anilines is 1. The van der Waals surface area contributed by atoms with Crippen LogP contribution in [0.3, 0.4) is 0 Å². The van der Waals surface area contributed by atoms with Crippen LogP contribution in [-0.2, 0) is 16.0 Å². The average molecular weight is 343 g/mol. The van der Waals surface area contributed by atoms with Crippen molar-refractivity contribution in [2.24, 2.45) is 5.92 Å². The summed E-state index contributed by atoms with van der Waals surface area (Å²) < 4.78 is 11.4. The van der Waals surface area contributed by atoms with Crippen LogP contribution in [0.5, 0.6) is 5.75 Å². The smallest absolute Gasteiger partial charge is 0.224 e. The van der Waals surface area contributed by atoms with Crippen LogP contribution < -0.4 is 10.1 Å². The first-order valence-corrected chi connectivity index (χ1v) is 8.79. The molecule has 3 rings (SSSR count). The molecule has 2 heterocycles. The average Bonchev–Trinajstić information content (AvgIpc) is 3.15. The minimum Gasteiger partial charge on any atom is -0.493 e. The standard InChI is InChI=1S/C19H25N3O3/c1-14-2-3-16(22-19(23)5-4-17-11-20-13-21-17)10-18(14)25-12-15-6-8-24-9-7-15/h2-3,10-11,13,15H,4-9,12H2,1H3,(H,20,21)(H,22,23). The fourth-order valence-electron chi connectivity index (χ4n) is 2.85. The number of nitrogens with one attached hydrogen (secondary N) is 2. The molecular weight excluding hydrogens is 318 g/mol. The normalized spacial score (nSPS) is 15.1. The molecule has 134 valence electrons. The van der Waals surface area contributed by atoms with Crippen LogP contribution in [0.2, 0.25) is 0 Å². The number of aryl methyl sites for hydroxylation is 2. The monoisotopic (exact) mass is 343 g/mol. The first-order valence-electron chi connectivity index (χ1n) is 8.79. The maximum absolute atomic E-state index is 12.1. The Morgan fingerprint density at radius 1 is 1.40 bits per heavy atom. The fourth-order valence-corrected chi connectivity index (χ4v) is 2.85. The maximum atomic E-state index is 12.1. The number of H-pyrrole nitrogens is 1. The molecule has 1 aliphatic rings. The van der Waals surface area contributed by atoms with Gasteiger partial charge in [0.25, 0.3) is 0 Å². The van der Waals surface area contributed by atoms with Gasteiger partial charge >= 0.3 is 0 Å². The van der Waals surface area contributed by atoms with Gasteiger partial charge in [-0.05, 0) is 43.7 Å². The van der Waals surface area contributed by atoms with Gasteiger partial charge in [0, 0.05) is 43.3 Å². The Morgan fingerprint density at radius 2 is 2.24 bits per heavy atom. The molecule has 1 aliphatic heterocycles. The van der Waals surface area contributed by atoms with E-state index in [0.29, 0.717) is 25.4 Å². The summed E-state index contributed by atoms with van der Waals surface area (Å²) in [6.07, 6.45) is 6.50. The summed E-state index contributed by atoms with van der Waals surface area (Å²) in [5, 5.41) is 2.94. The summed E-state index contributed by atoms with van der Waals surface area (Å²) >= 11 is 0. The number of benzene rings is 1. The number of amides is 1. The van der Waals surface area contributed by atoms with Crippen molar-refractivity contribution in [3.05, 3.63) is 42.0 Å². The Kier molecular flexibility index (Phi) is 6.06. The Hall–Kier alpha value is -2.34. The van der Waals surface area contributed by atoms with E-state index in [0.717, 1.165) is 48.7 Å². The van der Waals surface area contributed by atoms with E-state index >= 15 is 0 Å². The van der Waals surface area contributed by atoms with E-state index in [1.54, 1.807) is 12.5 Å². The summed E-state index contributed by atoms with van der Waals surface area (Å²) in [6, 6.07) is 5.79. The molecule has 1 amide bonds. The predicted molar refractivity (Wildman–Crippen MR) is 95.8 cm³/mol. The first-order chi connectivity index (χ1) is 12.2. The number of ether oxygens (including phenoxy) is 2. The third-order valence-corrected chi connectivity index (χ3v) is 4.46. The molecule has 0 aliphatic carbocycles. The van der Waals surface area contributed by atoms with Crippen molar-refractivity contribution in [1.82, 2.24) is 9.97 Å². The minimum atomic E-state index is -0.0196. The number of carbonyl (C=O) groups excluding carboxylic acids is 1. The zero-order chi connectivity index (χ0) is 17.5. The Balaban J connectivity index is 1.52. The fraction of sp³-hybridized carbons (Fsp3) is 0.474. The Labute approximate surface area is 147 Å². The van der Waals surface area contributed by atoms with Gasteiger partial charge in [-0.3, -0.25) is 4.79 Å². The molecule has 1 fully saturated rings. The number of imidazole rings is 1.